The molecule has 0 saturated carbocycles. The van der Waals surface area contributed by atoms with Crippen molar-refractivity contribution >= 4 is 27.5 Å². The van der Waals surface area contributed by atoms with Crippen LogP contribution >= 0.6 is 11.6 Å². The van der Waals surface area contributed by atoms with Gasteiger partial charge in [-0.1, -0.05) is 41.9 Å². The molecule has 6 nitrogen and oxygen atoms in total. The molecule has 2 aromatic rings. The maximum atomic E-state index is 12.2. The summed E-state index contributed by atoms with van der Waals surface area (Å²) in [5, 5.41) is 3.24. The number of aryl methyl sites for hydroxylation is 1. The van der Waals surface area contributed by atoms with E-state index in [-0.39, 0.29) is 19.0 Å². The Kier molecular flexibility index (Phi) is 8.29. The Balaban J connectivity index is 1.83. The lowest BCUT2D eigenvalue weighted by atomic mass is 10.1. The number of hydrogen-bond acceptors (Lipinski definition) is 4. The number of sulfonamides is 1. The number of benzene rings is 2. The Hall–Kier alpha value is -2.09. The van der Waals surface area contributed by atoms with E-state index in [1.165, 1.54) is 0 Å². The van der Waals surface area contributed by atoms with Gasteiger partial charge in [-0.15, -0.1) is 0 Å². The summed E-state index contributed by atoms with van der Waals surface area (Å²) in [6.07, 6.45) is 2.64. The maximum absolute atomic E-state index is 12.2. The molecule has 0 fully saturated rings. The number of ether oxygens (including phenoxy) is 1. The molecule has 0 aliphatic heterocycles. The molecule has 0 spiro atoms. The van der Waals surface area contributed by atoms with Crippen molar-refractivity contribution in [2.24, 2.45) is 0 Å². The molecule has 152 valence electrons. The fourth-order valence-electron chi connectivity index (χ4n) is 2.64. The predicted octanol–water partition coefficient (Wildman–Crippen LogP) is 2.86. The van der Waals surface area contributed by atoms with Gasteiger partial charge in [0.25, 0.3) is 0 Å². The molecule has 0 bridgehead atoms. The van der Waals surface area contributed by atoms with Crippen molar-refractivity contribution in [3.8, 4) is 5.75 Å². The largest absolute Gasteiger partial charge is 0.497 e. The zero-order valence-corrected chi connectivity index (χ0v) is 17.6. The molecule has 0 aliphatic rings. The van der Waals surface area contributed by atoms with Gasteiger partial charge in [0, 0.05) is 18.1 Å². The predicted molar refractivity (Wildman–Crippen MR) is 111 cm³/mol. The molecule has 28 heavy (non-hydrogen) atoms. The van der Waals surface area contributed by atoms with Gasteiger partial charge in [0.1, 0.15) is 5.75 Å². The summed E-state index contributed by atoms with van der Waals surface area (Å²) in [6, 6.07) is 14.7. The van der Waals surface area contributed by atoms with Crippen LogP contribution in [0.25, 0.3) is 0 Å². The van der Waals surface area contributed by atoms with E-state index in [0.717, 1.165) is 34.7 Å². The Morgan fingerprint density at radius 2 is 1.82 bits per heavy atom. The Morgan fingerprint density at radius 1 is 1.14 bits per heavy atom. The van der Waals surface area contributed by atoms with Crippen LogP contribution < -0.4 is 10.1 Å². The summed E-state index contributed by atoms with van der Waals surface area (Å²) in [4.78, 5) is 12.2. The first-order valence-electron chi connectivity index (χ1n) is 8.88. The van der Waals surface area contributed by atoms with E-state index < -0.39 is 10.0 Å². The Labute approximate surface area is 171 Å². The van der Waals surface area contributed by atoms with Crippen molar-refractivity contribution in [1.82, 2.24) is 9.62 Å². The van der Waals surface area contributed by atoms with Gasteiger partial charge in [0.05, 0.1) is 19.9 Å². The summed E-state index contributed by atoms with van der Waals surface area (Å²) in [5.74, 6) is 0.462. The first-order valence-corrected chi connectivity index (χ1v) is 11.1. The minimum Gasteiger partial charge on any atom is -0.497 e. The number of amides is 1. The summed E-state index contributed by atoms with van der Waals surface area (Å²) < 4.78 is 30.3. The highest BCUT2D eigenvalue weighted by atomic mass is 35.5. The van der Waals surface area contributed by atoms with Crippen molar-refractivity contribution in [2.75, 3.05) is 26.5 Å². The van der Waals surface area contributed by atoms with Crippen LogP contribution in [0.5, 0.6) is 5.75 Å². The van der Waals surface area contributed by atoms with Crippen LogP contribution in [0, 0.1) is 0 Å². The number of nitrogens with zero attached hydrogens (tertiary/aromatic N) is 1. The van der Waals surface area contributed by atoms with Crippen LogP contribution in [0.2, 0.25) is 5.02 Å². The van der Waals surface area contributed by atoms with Gasteiger partial charge >= 0.3 is 0 Å². The number of carbonyl (C=O) groups is 1. The molecule has 2 rings (SSSR count). The normalized spacial score (nSPS) is 11.4. The molecule has 0 unspecified atom stereocenters. The van der Waals surface area contributed by atoms with Crippen molar-refractivity contribution < 1.29 is 17.9 Å². The molecule has 0 aromatic heterocycles. The molecule has 0 radical (unpaired) electrons. The third-order valence-corrected chi connectivity index (χ3v) is 5.78. The summed E-state index contributed by atoms with van der Waals surface area (Å²) >= 11 is 6.10. The van der Waals surface area contributed by atoms with Gasteiger partial charge in [-0.05, 0) is 42.2 Å². The molecule has 1 amide bonds. The number of halogens is 1. The number of nitrogens with one attached hydrogen (secondary N) is 1. The minimum atomic E-state index is -3.55. The van der Waals surface area contributed by atoms with Gasteiger partial charge in [0.2, 0.25) is 15.9 Å². The van der Waals surface area contributed by atoms with Crippen LogP contribution in [-0.2, 0) is 27.8 Å². The Morgan fingerprint density at radius 3 is 2.43 bits per heavy atom. The smallest absolute Gasteiger partial charge is 0.235 e. The number of methoxy groups -OCH3 is 1. The fourth-order valence-corrected chi connectivity index (χ4v) is 3.56. The van der Waals surface area contributed by atoms with Crippen LogP contribution in [0.3, 0.4) is 0 Å². The molecule has 0 aliphatic carbocycles. The monoisotopic (exact) mass is 424 g/mol. The minimum absolute atomic E-state index is 0.0533. The van der Waals surface area contributed by atoms with Gasteiger partial charge < -0.3 is 10.1 Å². The summed E-state index contributed by atoms with van der Waals surface area (Å²) in [6.45, 7) is 0.277. The first kappa shape index (κ1) is 22.2. The second-order valence-corrected chi connectivity index (χ2v) is 8.81. The van der Waals surface area contributed by atoms with E-state index in [2.05, 4.69) is 5.32 Å². The van der Waals surface area contributed by atoms with E-state index in [1.807, 2.05) is 24.3 Å². The number of carbonyl (C=O) groups excluding carboxylic acids is 1. The van der Waals surface area contributed by atoms with Crippen molar-refractivity contribution in [3.05, 3.63) is 64.7 Å². The van der Waals surface area contributed by atoms with Crippen molar-refractivity contribution in [2.45, 2.75) is 19.4 Å². The molecule has 8 heteroatoms. The van der Waals surface area contributed by atoms with Gasteiger partial charge in [-0.3, -0.25) is 4.79 Å². The van der Waals surface area contributed by atoms with E-state index in [0.29, 0.717) is 17.1 Å². The second-order valence-electron chi connectivity index (χ2n) is 6.42. The molecule has 2 aromatic carbocycles. The lowest BCUT2D eigenvalue weighted by Gasteiger charge is -2.20. The van der Waals surface area contributed by atoms with Gasteiger partial charge in [0.15, 0.2) is 0 Å². The van der Waals surface area contributed by atoms with E-state index in [9.17, 15) is 13.2 Å². The fraction of sp³-hybridized carbons (Fsp3) is 0.350. The average molecular weight is 425 g/mol. The molecular weight excluding hydrogens is 400 g/mol. The van der Waals surface area contributed by atoms with E-state index >= 15 is 0 Å². The third kappa shape index (κ3) is 7.14. The molecule has 0 heterocycles. The van der Waals surface area contributed by atoms with Crippen molar-refractivity contribution in [1.29, 1.82) is 0 Å². The molecule has 0 atom stereocenters. The highest BCUT2D eigenvalue weighted by molar-refractivity contribution is 7.88. The first-order chi connectivity index (χ1) is 13.3. The zero-order valence-electron chi connectivity index (χ0n) is 16.0. The average Bonchev–Trinajstić information content (AvgIpc) is 2.66. The number of rotatable bonds is 10. The quantitative estimate of drug-likeness (QED) is 0.595. The third-order valence-electron chi connectivity index (χ3n) is 4.22. The lowest BCUT2D eigenvalue weighted by Crippen LogP contribution is -2.40. The second kappa shape index (κ2) is 10.5. The van der Waals surface area contributed by atoms with Gasteiger partial charge in [-0.2, -0.15) is 4.31 Å². The standard InChI is InChI=1S/C20H25ClN2O4S/c1-27-18-11-9-16(10-12-18)6-5-13-22-20(24)15-23(28(2,25)26)14-17-7-3-4-8-19(17)21/h3-4,7-12H,5-6,13-15H2,1-2H3,(H,22,24). The molecular formula is C20H25ClN2O4S. The zero-order chi connectivity index (χ0) is 20.6. The van der Waals surface area contributed by atoms with Crippen LogP contribution in [-0.4, -0.2) is 45.1 Å². The van der Waals surface area contributed by atoms with Crippen LogP contribution in [0.4, 0.5) is 0 Å². The highest BCUT2D eigenvalue weighted by Gasteiger charge is 2.21. The summed E-state index contributed by atoms with van der Waals surface area (Å²) in [5.41, 5.74) is 1.80. The topological polar surface area (TPSA) is 75.7 Å². The number of hydrogen-bond donors (Lipinski definition) is 1. The maximum Gasteiger partial charge on any atom is 0.235 e. The van der Waals surface area contributed by atoms with E-state index in [4.69, 9.17) is 16.3 Å². The van der Waals surface area contributed by atoms with Crippen molar-refractivity contribution in [3.63, 3.8) is 0 Å². The molecule has 1 N–H and O–H groups in total. The van der Waals surface area contributed by atoms with E-state index in [1.54, 1.807) is 31.4 Å². The Bertz CT molecular complexity index is 885. The van der Waals surface area contributed by atoms with Crippen LogP contribution in [0.15, 0.2) is 48.5 Å². The SMILES string of the molecule is COc1ccc(CCCNC(=O)CN(Cc2ccccc2Cl)S(C)(=O)=O)cc1. The summed E-state index contributed by atoms with van der Waals surface area (Å²) in [7, 11) is -1.93. The molecule has 0 saturated heterocycles. The van der Waals surface area contributed by atoms with Crippen LogP contribution in [0.1, 0.15) is 17.5 Å². The van der Waals surface area contributed by atoms with Gasteiger partial charge in [-0.25, -0.2) is 8.42 Å². The highest BCUT2D eigenvalue weighted by Crippen LogP contribution is 2.18. The lowest BCUT2D eigenvalue weighted by molar-refractivity contribution is -0.121.